The number of ether oxygens (including phenoxy) is 3. The maximum absolute atomic E-state index is 13.3. The molecule has 1 rings (SSSR count). The van der Waals surface area contributed by atoms with Crippen molar-refractivity contribution in [1.82, 2.24) is 4.90 Å². The topological polar surface area (TPSA) is 82.1 Å². The molecule has 61 heavy (non-hydrogen) atoms. The molecule has 0 bridgehead atoms. The van der Waals surface area contributed by atoms with Gasteiger partial charge >= 0.3 is 17.9 Å². The van der Waals surface area contributed by atoms with E-state index >= 15 is 0 Å². The predicted octanol–water partition coefficient (Wildman–Crippen LogP) is 15.7. The zero-order chi connectivity index (χ0) is 44.3. The van der Waals surface area contributed by atoms with E-state index in [4.69, 9.17) is 14.2 Å². The highest BCUT2D eigenvalue weighted by molar-refractivity contribution is 5.72. The molecule has 0 unspecified atom stereocenters. The molecule has 360 valence electrons. The molecular weight excluding hydrogens is 759 g/mol. The van der Waals surface area contributed by atoms with E-state index in [9.17, 15) is 14.4 Å². The SMILES string of the molecule is CCCCCC(CCCCC)CC(=O)OCCCCCCCCCC(CCCCCCCCCOC(=O)CC(CCCCC)CCCCC)C(=O)OCCCN1CCCCC1. The van der Waals surface area contributed by atoms with Crippen LogP contribution in [0.2, 0.25) is 0 Å². The first-order valence-corrected chi connectivity index (χ1v) is 27.1. The Morgan fingerprint density at radius 3 is 1.13 bits per heavy atom. The van der Waals surface area contributed by atoms with Gasteiger partial charge in [-0.1, -0.05) is 188 Å². The first kappa shape index (κ1) is 57.4. The van der Waals surface area contributed by atoms with Gasteiger partial charge in [-0.2, -0.15) is 0 Å². The summed E-state index contributed by atoms with van der Waals surface area (Å²) in [5, 5.41) is 0. The molecule has 0 atom stereocenters. The number of carbonyl (C=O) groups is 3. The highest BCUT2D eigenvalue weighted by atomic mass is 16.5. The minimum absolute atomic E-state index is 0.00806. The van der Waals surface area contributed by atoms with Gasteiger partial charge in [-0.05, 0) is 95.6 Å². The van der Waals surface area contributed by atoms with Crippen LogP contribution in [0.3, 0.4) is 0 Å². The average Bonchev–Trinajstić information content (AvgIpc) is 3.26. The summed E-state index contributed by atoms with van der Waals surface area (Å²) in [6.45, 7) is 14.1. The van der Waals surface area contributed by atoms with Gasteiger partial charge in [0.1, 0.15) is 0 Å². The second-order valence-electron chi connectivity index (χ2n) is 19.2. The van der Waals surface area contributed by atoms with Crippen molar-refractivity contribution in [2.75, 3.05) is 39.5 Å². The molecule has 1 saturated heterocycles. The standard InChI is InChI=1S/C54H103NO6/c1-5-9-24-35-49(36-25-10-6-2)47-52(56)59-44-32-21-17-13-15-19-28-39-51(54(58)61-46-34-43-55-41-30-23-31-42-55)40-29-20-16-14-18-22-33-45-60-53(57)48-50(37-26-11-7-3)38-27-12-8-4/h49-51H,5-48H2,1-4H3. The Hall–Kier alpha value is -1.63. The number of likely N-dealkylation sites (tertiary alicyclic amines) is 1. The van der Waals surface area contributed by atoms with Crippen LogP contribution >= 0.6 is 0 Å². The first-order chi connectivity index (χ1) is 29.9. The second-order valence-corrected chi connectivity index (χ2v) is 19.2. The van der Waals surface area contributed by atoms with Crippen LogP contribution in [-0.2, 0) is 28.6 Å². The van der Waals surface area contributed by atoms with Gasteiger partial charge in [0, 0.05) is 19.4 Å². The van der Waals surface area contributed by atoms with Gasteiger partial charge in [-0.3, -0.25) is 14.4 Å². The molecule has 0 aromatic rings. The van der Waals surface area contributed by atoms with E-state index in [2.05, 4.69) is 32.6 Å². The molecule has 1 aliphatic heterocycles. The highest BCUT2D eigenvalue weighted by Gasteiger charge is 2.20. The second kappa shape index (κ2) is 43.6. The molecule has 1 aliphatic rings. The van der Waals surface area contributed by atoms with Crippen molar-refractivity contribution in [3.05, 3.63) is 0 Å². The molecular formula is C54H103NO6. The van der Waals surface area contributed by atoms with Gasteiger partial charge in [0.25, 0.3) is 0 Å². The van der Waals surface area contributed by atoms with Crippen LogP contribution in [0.5, 0.6) is 0 Å². The van der Waals surface area contributed by atoms with Gasteiger partial charge < -0.3 is 19.1 Å². The van der Waals surface area contributed by atoms with Crippen molar-refractivity contribution in [3.8, 4) is 0 Å². The van der Waals surface area contributed by atoms with Gasteiger partial charge in [0.15, 0.2) is 0 Å². The summed E-state index contributed by atoms with van der Waals surface area (Å²) in [7, 11) is 0. The van der Waals surface area contributed by atoms with Crippen LogP contribution in [0.1, 0.15) is 272 Å². The third-order valence-corrected chi connectivity index (χ3v) is 13.3. The molecule has 7 nitrogen and oxygen atoms in total. The lowest BCUT2D eigenvalue weighted by Gasteiger charge is -2.26. The molecule has 7 heteroatoms. The summed E-state index contributed by atoms with van der Waals surface area (Å²) in [4.78, 5) is 40.9. The maximum Gasteiger partial charge on any atom is 0.308 e. The predicted molar refractivity (Wildman–Crippen MR) is 258 cm³/mol. The third-order valence-electron chi connectivity index (χ3n) is 13.3. The number of carbonyl (C=O) groups excluding carboxylic acids is 3. The Morgan fingerprint density at radius 2 is 0.738 bits per heavy atom. The maximum atomic E-state index is 13.3. The fourth-order valence-electron chi connectivity index (χ4n) is 9.29. The van der Waals surface area contributed by atoms with Crippen molar-refractivity contribution in [2.45, 2.75) is 272 Å². The van der Waals surface area contributed by atoms with Gasteiger partial charge in [0.05, 0.1) is 25.7 Å². The normalized spacial score (nSPS) is 13.4. The van der Waals surface area contributed by atoms with Gasteiger partial charge in [-0.15, -0.1) is 0 Å². The number of piperidine rings is 1. The molecule has 1 fully saturated rings. The Kier molecular flexibility index (Phi) is 41.0. The summed E-state index contributed by atoms with van der Waals surface area (Å²) in [6.07, 6.45) is 43.3. The lowest BCUT2D eigenvalue weighted by molar-refractivity contribution is -0.149. The zero-order valence-electron chi connectivity index (χ0n) is 41.2. The minimum Gasteiger partial charge on any atom is -0.466 e. The van der Waals surface area contributed by atoms with Crippen LogP contribution in [0.15, 0.2) is 0 Å². The fraction of sp³-hybridized carbons (Fsp3) is 0.944. The van der Waals surface area contributed by atoms with Crippen molar-refractivity contribution < 1.29 is 28.6 Å². The molecule has 0 saturated carbocycles. The summed E-state index contributed by atoms with van der Waals surface area (Å²) >= 11 is 0. The summed E-state index contributed by atoms with van der Waals surface area (Å²) in [5.74, 6) is 1.05. The number of unbranched alkanes of at least 4 members (excludes halogenated alkanes) is 20. The zero-order valence-corrected chi connectivity index (χ0v) is 41.2. The van der Waals surface area contributed by atoms with Crippen molar-refractivity contribution >= 4 is 17.9 Å². The molecule has 0 spiro atoms. The number of nitrogens with zero attached hydrogens (tertiary/aromatic N) is 1. The highest BCUT2D eigenvalue weighted by Crippen LogP contribution is 2.24. The van der Waals surface area contributed by atoms with Crippen LogP contribution in [0, 0.1) is 17.8 Å². The quantitative estimate of drug-likeness (QED) is 0.0343. The molecule has 0 aliphatic carbocycles. The van der Waals surface area contributed by atoms with E-state index in [0.717, 1.165) is 90.0 Å². The van der Waals surface area contributed by atoms with Crippen LogP contribution in [0.25, 0.3) is 0 Å². The lowest BCUT2D eigenvalue weighted by Crippen LogP contribution is -2.31. The average molecular weight is 862 g/mol. The van der Waals surface area contributed by atoms with E-state index in [1.807, 2.05) is 0 Å². The molecule has 0 amide bonds. The van der Waals surface area contributed by atoms with E-state index in [1.54, 1.807) is 0 Å². The van der Waals surface area contributed by atoms with Crippen molar-refractivity contribution in [2.24, 2.45) is 17.8 Å². The third kappa shape index (κ3) is 36.4. The van der Waals surface area contributed by atoms with E-state index in [1.165, 1.54) is 161 Å². The van der Waals surface area contributed by atoms with E-state index in [-0.39, 0.29) is 23.8 Å². The Morgan fingerprint density at radius 1 is 0.393 bits per heavy atom. The number of esters is 3. The Bertz CT molecular complexity index is 905. The fourth-order valence-corrected chi connectivity index (χ4v) is 9.29. The molecule has 0 radical (unpaired) electrons. The summed E-state index contributed by atoms with van der Waals surface area (Å²) in [5.41, 5.74) is 0. The number of rotatable bonds is 45. The number of hydrogen-bond acceptors (Lipinski definition) is 7. The monoisotopic (exact) mass is 862 g/mol. The lowest BCUT2D eigenvalue weighted by atomic mass is 9.92. The van der Waals surface area contributed by atoms with Crippen LogP contribution in [0.4, 0.5) is 0 Å². The Balaban J connectivity index is 2.28. The number of hydrogen-bond donors (Lipinski definition) is 0. The summed E-state index contributed by atoms with van der Waals surface area (Å²) < 4.78 is 17.2. The molecule has 1 heterocycles. The molecule has 0 aromatic carbocycles. The van der Waals surface area contributed by atoms with Crippen LogP contribution < -0.4 is 0 Å². The Labute approximate surface area is 379 Å². The molecule has 0 N–H and O–H groups in total. The van der Waals surface area contributed by atoms with Gasteiger partial charge in [0.2, 0.25) is 0 Å². The summed E-state index contributed by atoms with van der Waals surface area (Å²) in [6, 6.07) is 0. The minimum atomic E-state index is 0.00806. The van der Waals surface area contributed by atoms with Crippen molar-refractivity contribution in [3.63, 3.8) is 0 Å². The van der Waals surface area contributed by atoms with E-state index in [0.29, 0.717) is 44.5 Å². The van der Waals surface area contributed by atoms with Crippen LogP contribution in [-0.4, -0.2) is 62.3 Å². The van der Waals surface area contributed by atoms with Gasteiger partial charge in [-0.25, -0.2) is 0 Å². The smallest absolute Gasteiger partial charge is 0.308 e. The largest absolute Gasteiger partial charge is 0.466 e. The molecule has 0 aromatic heterocycles. The van der Waals surface area contributed by atoms with Crippen molar-refractivity contribution in [1.29, 1.82) is 0 Å². The first-order valence-electron chi connectivity index (χ1n) is 27.1. The van der Waals surface area contributed by atoms with E-state index < -0.39 is 0 Å².